The van der Waals surface area contributed by atoms with E-state index in [2.05, 4.69) is 6.58 Å². The molecule has 0 saturated carbocycles. The summed E-state index contributed by atoms with van der Waals surface area (Å²) in [6.07, 6.45) is 1.78. The quantitative estimate of drug-likeness (QED) is 0.720. The number of rotatable bonds is 3. The van der Waals surface area contributed by atoms with Gasteiger partial charge in [0.1, 0.15) is 0 Å². The van der Waals surface area contributed by atoms with Gasteiger partial charge in [-0.2, -0.15) is 0 Å². The second-order valence-corrected chi connectivity index (χ2v) is 4.35. The van der Waals surface area contributed by atoms with Crippen molar-refractivity contribution in [1.82, 2.24) is 0 Å². The molecule has 0 aliphatic heterocycles. The van der Waals surface area contributed by atoms with Gasteiger partial charge in [0.15, 0.2) is 0 Å². The first-order valence-corrected chi connectivity index (χ1v) is 5.65. The Hall–Kier alpha value is -1.35. The molecule has 0 saturated heterocycles. The SMILES string of the molecule is C=Cc1ccc(C(C)(C)C(=O)O[SiH3])cc1. The minimum atomic E-state index is -0.568. The van der Waals surface area contributed by atoms with Crippen molar-refractivity contribution in [3.8, 4) is 0 Å². The second kappa shape index (κ2) is 4.44. The molecule has 0 spiro atoms. The largest absolute Gasteiger partial charge is 0.528 e. The monoisotopic (exact) mass is 220 g/mol. The van der Waals surface area contributed by atoms with Crippen LogP contribution in [-0.4, -0.2) is 16.5 Å². The number of hydrogen-bond donors (Lipinski definition) is 0. The van der Waals surface area contributed by atoms with Crippen LogP contribution >= 0.6 is 0 Å². The maximum absolute atomic E-state index is 11.6. The first kappa shape index (κ1) is 11.7. The predicted molar refractivity (Wildman–Crippen MR) is 65.6 cm³/mol. The molecule has 2 nitrogen and oxygen atoms in total. The minimum Gasteiger partial charge on any atom is -0.528 e. The van der Waals surface area contributed by atoms with Gasteiger partial charge in [0.05, 0.1) is 5.41 Å². The lowest BCUT2D eigenvalue weighted by molar-refractivity contribution is -0.139. The summed E-state index contributed by atoms with van der Waals surface area (Å²) >= 11 is 0. The van der Waals surface area contributed by atoms with Crippen molar-refractivity contribution in [3.63, 3.8) is 0 Å². The predicted octanol–water partition coefficient (Wildman–Crippen LogP) is 1.43. The summed E-state index contributed by atoms with van der Waals surface area (Å²) in [5.41, 5.74) is 1.45. The number of hydrogen-bond acceptors (Lipinski definition) is 2. The van der Waals surface area contributed by atoms with Gasteiger partial charge in [0, 0.05) is 0 Å². The number of carbonyl (C=O) groups excluding carboxylic acids is 1. The van der Waals surface area contributed by atoms with Crippen LogP contribution in [0, 0.1) is 0 Å². The first-order valence-electron chi connectivity index (χ1n) is 4.83. The molecule has 0 aliphatic carbocycles. The molecule has 15 heavy (non-hydrogen) atoms. The van der Waals surface area contributed by atoms with Gasteiger partial charge in [-0.15, -0.1) is 0 Å². The highest BCUT2D eigenvalue weighted by molar-refractivity contribution is 6.07. The van der Waals surface area contributed by atoms with Gasteiger partial charge in [-0.1, -0.05) is 36.9 Å². The van der Waals surface area contributed by atoms with Crippen molar-refractivity contribution >= 4 is 22.5 Å². The maximum atomic E-state index is 11.6. The van der Waals surface area contributed by atoms with Gasteiger partial charge in [0.2, 0.25) is 10.5 Å². The molecule has 0 heterocycles. The van der Waals surface area contributed by atoms with Crippen LogP contribution in [-0.2, 0) is 14.6 Å². The highest BCUT2D eigenvalue weighted by Gasteiger charge is 2.29. The van der Waals surface area contributed by atoms with Gasteiger partial charge in [-0.3, -0.25) is 4.79 Å². The van der Waals surface area contributed by atoms with E-state index in [1.165, 1.54) is 0 Å². The molecule has 0 amide bonds. The Morgan fingerprint density at radius 2 is 1.93 bits per heavy atom. The Balaban J connectivity index is 3.05. The van der Waals surface area contributed by atoms with Crippen LogP contribution in [0.4, 0.5) is 0 Å². The summed E-state index contributed by atoms with van der Waals surface area (Å²) < 4.78 is 4.91. The van der Waals surface area contributed by atoms with Crippen LogP contribution in [0.25, 0.3) is 6.08 Å². The van der Waals surface area contributed by atoms with Crippen molar-refractivity contribution < 1.29 is 9.22 Å². The normalized spacial score (nSPS) is 11.1. The third-order valence-electron chi connectivity index (χ3n) is 2.56. The molecule has 80 valence electrons. The van der Waals surface area contributed by atoms with Crippen molar-refractivity contribution in [2.24, 2.45) is 0 Å². The summed E-state index contributed by atoms with van der Waals surface area (Å²) in [6.45, 7) is 7.43. The second-order valence-electron chi connectivity index (χ2n) is 3.94. The average Bonchev–Trinajstić information content (AvgIpc) is 2.28. The Labute approximate surface area is 93.5 Å². The van der Waals surface area contributed by atoms with E-state index in [4.69, 9.17) is 4.43 Å². The third-order valence-corrected chi connectivity index (χ3v) is 2.93. The zero-order valence-corrected chi connectivity index (χ0v) is 11.4. The van der Waals surface area contributed by atoms with Gasteiger partial charge in [-0.25, -0.2) is 0 Å². The van der Waals surface area contributed by atoms with Crippen LogP contribution in [0.5, 0.6) is 0 Å². The van der Waals surface area contributed by atoms with Crippen LogP contribution in [0.1, 0.15) is 25.0 Å². The zero-order chi connectivity index (χ0) is 11.5. The molecule has 0 atom stereocenters. The topological polar surface area (TPSA) is 26.3 Å². The smallest absolute Gasteiger partial charge is 0.302 e. The zero-order valence-electron chi connectivity index (χ0n) is 9.41. The van der Waals surface area contributed by atoms with E-state index in [1.807, 2.05) is 38.1 Å². The summed E-state index contributed by atoms with van der Waals surface area (Å²) in [4.78, 5) is 11.6. The molecule has 0 unspecified atom stereocenters. The fraction of sp³-hybridized carbons (Fsp3) is 0.250. The van der Waals surface area contributed by atoms with Crippen molar-refractivity contribution in [2.45, 2.75) is 19.3 Å². The lowest BCUT2D eigenvalue weighted by Gasteiger charge is -2.22. The van der Waals surface area contributed by atoms with E-state index in [1.54, 1.807) is 6.08 Å². The number of carbonyl (C=O) groups is 1. The van der Waals surface area contributed by atoms with E-state index in [9.17, 15) is 4.79 Å². The molecule has 0 aliphatic rings. The van der Waals surface area contributed by atoms with Crippen LogP contribution < -0.4 is 0 Å². The van der Waals surface area contributed by atoms with Crippen molar-refractivity contribution in [3.05, 3.63) is 42.0 Å². The molecule has 0 radical (unpaired) electrons. The van der Waals surface area contributed by atoms with Crippen LogP contribution in [0.15, 0.2) is 30.8 Å². The molecule has 1 rings (SSSR count). The van der Waals surface area contributed by atoms with Gasteiger partial charge >= 0.3 is 5.97 Å². The molecule has 0 N–H and O–H groups in total. The highest BCUT2D eigenvalue weighted by atomic mass is 28.2. The number of benzene rings is 1. The lowest BCUT2D eigenvalue weighted by Crippen LogP contribution is -2.30. The Bertz CT molecular complexity index is 366. The standard InChI is InChI=1S/C12H16O2Si/c1-4-9-5-7-10(8-6-9)12(2,3)11(13)14-15/h4-8H,1H2,2-3,15H3. The van der Waals surface area contributed by atoms with Crippen LogP contribution in [0.2, 0.25) is 0 Å². The van der Waals surface area contributed by atoms with Gasteiger partial charge < -0.3 is 4.43 Å². The lowest BCUT2D eigenvalue weighted by atomic mass is 9.84. The van der Waals surface area contributed by atoms with E-state index >= 15 is 0 Å². The summed E-state index contributed by atoms with van der Waals surface area (Å²) in [5, 5.41) is 0. The summed E-state index contributed by atoms with van der Waals surface area (Å²) in [7, 11) is 0.438. The Morgan fingerprint density at radius 1 is 1.40 bits per heavy atom. The highest BCUT2D eigenvalue weighted by Crippen LogP contribution is 2.24. The molecule has 1 aromatic carbocycles. The Kier molecular flexibility index (Phi) is 3.47. The fourth-order valence-electron chi connectivity index (χ4n) is 1.41. The van der Waals surface area contributed by atoms with Crippen molar-refractivity contribution in [2.75, 3.05) is 0 Å². The summed E-state index contributed by atoms with van der Waals surface area (Å²) in [5.74, 6) is -0.166. The van der Waals surface area contributed by atoms with E-state index < -0.39 is 5.41 Å². The molecule has 0 bridgehead atoms. The Morgan fingerprint density at radius 3 is 2.33 bits per heavy atom. The third kappa shape index (κ3) is 2.36. The van der Waals surface area contributed by atoms with E-state index in [0.717, 1.165) is 11.1 Å². The molecular weight excluding hydrogens is 204 g/mol. The molecular formula is C12H16O2Si. The van der Waals surface area contributed by atoms with E-state index in [-0.39, 0.29) is 5.97 Å². The van der Waals surface area contributed by atoms with Crippen LogP contribution in [0.3, 0.4) is 0 Å². The average molecular weight is 220 g/mol. The maximum Gasteiger partial charge on any atom is 0.302 e. The first-order chi connectivity index (χ1) is 7.02. The van der Waals surface area contributed by atoms with Gasteiger partial charge in [-0.05, 0) is 25.0 Å². The molecule has 1 aromatic rings. The minimum absolute atomic E-state index is 0.166. The molecule has 3 heteroatoms. The molecule has 0 fully saturated rings. The van der Waals surface area contributed by atoms with Crippen molar-refractivity contribution in [1.29, 1.82) is 0 Å². The molecule has 0 aromatic heterocycles. The van der Waals surface area contributed by atoms with Gasteiger partial charge in [0.25, 0.3) is 0 Å². The van der Waals surface area contributed by atoms with E-state index in [0.29, 0.717) is 10.5 Å². The summed E-state index contributed by atoms with van der Waals surface area (Å²) in [6, 6.07) is 7.78. The fourth-order valence-corrected chi connectivity index (χ4v) is 1.92.